The van der Waals surface area contributed by atoms with Crippen molar-refractivity contribution in [2.45, 2.75) is 6.92 Å². The Morgan fingerprint density at radius 1 is 0.964 bits per heavy atom. The zero-order valence-electron chi connectivity index (χ0n) is 15.4. The highest BCUT2D eigenvalue weighted by Crippen LogP contribution is 2.23. The second-order valence-corrected chi connectivity index (χ2v) is 6.44. The second kappa shape index (κ2) is 7.75. The molecule has 0 aliphatic rings. The van der Waals surface area contributed by atoms with Crippen LogP contribution in [-0.2, 0) is 0 Å². The number of nitrogens with one attached hydrogen (secondary N) is 3. The van der Waals surface area contributed by atoms with Crippen molar-refractivity contribution < 1.29 is 4.79 Å². The van der Waals surface area contributed by atoms with E-state index >= 15 is 0 Å². The fraction of sp³-hybridized carbons (Fsp3) is 0.0455. The summed E-state index contributed by atoms with van der Waals surface area (Å²) in [7, 11) is 0. The SMILES string of the molecule is Cc1cc(C=N)c(N)cc1C(=O)Nc1ccc(N)c(C(=N)c2ccccc2)c1. The monoisotopic (exact) mass is 371 g/mol. The van der Waals surface area contributed by atoms with Crippen LogP contribution in [-0.4, -0.2) is 17.8 Å². The summed E-state index contributed by atoms with van der Waals surface area (Å²) in [5, 5.41) is 18.6. The molecule has 6 heteroatoms. The van der Waals surface area contributed by atoms with E-state index in [-0.39, 0.29) is 11.6 Å². The zero-order valence-corrected chi connectivity index (χ0v) is 15.4. The van der Waals surface area contributed by atoms with Crippen LogP contribution in [0.25, 0.3) is 0 Å². The Bertz CT molecular complexity index is 1070. The molecule has 0 aromatic heterocycles. The second-order valence-electron chi connectivity index (χ2n) is 6.44. The van der Waals surface area contributed by atoms with Crippen LogP contribution in [0.3, 0.4) is 0 Å². The van der Waals surface area contributed by atoms with Gasteiger partial charge in [0.2, 0.25) is 0 Å². The minimum Gasteiger partial charge on any atom is -0.398 e. The van der Waals surface area contributed by atoms with Crippen molar-refractivity contribution in [1.82, 2.24) is 0 Å². The third-order valence-corrected chi connectivity index (χ3v) is 4.47. The predicted octanol–water partition coefficient (Wildman–Crippen LogP) is 3.83. The Labute approximate surface area is 163 Å². The fourth-order valence-corrected chi connectivity index (χ4v) is 2.93. The van der Waals surface area contributed by atoms with Gasteiger partial charge in [0.15, 0.2) is 0 Å². The first kappa shape index (κ1) is 18.8. The summed E-state index contributed by atoms with van der Waals surface area (Å²) in [6.45, 7) is 1.79. The summed E-state index contributed by atoms with van der Waals surface area (Å²) < 4.78 is 0. The van der Waals surface area contributed by atoms with Gasteiger partial charge in [-0.3, -0.25) is 10.2 Å². The van der Waals surface area contributed by atoms with Crippen molar-refractivity contribution in [3.63, 3.8) is 0 Å². The zero-order chi connectivity index (χ0) is 20.3. The minimum atomic E-state index is -0.317. The molecule has 140 valence electrons. The average molecular weight is 371 g/mol. The molecule has 0 bridgehead atoms. The summed E-state index contributed by atoms with van der Waals surface area (Å²) in [6.07, 6.45) is 1.16. The van der Waals surface area contributed by atoms with E-state index in [1.807, 2.05) is 30.3 Å². The number of carbonyl (C=O) groups excluding carboxylic acids is 1. The number of rotatable bonds is 5. The summed E-state index contributed by atoms with van der Waals surface area (Å²) in [5.41, 5.74) is 16.6. The van der Waals surface area contributed by atoms with E-state index in [9.17, 15) is 4.79 Å². The van der Waals surface area contributed by atoms with E-state index in [1.54, 1.807) is 37.3 Å². The number of hydrogen-bond acceptors (Lipinski definition) is 5. The molecular weight excluding hydrogens is 350 g/mol. The Morgan fingerprint density at radius 2 is 1.68 bits per heavy atom. The lowest BCUT2D eigenvalue weighted by molar-refractivity contribution is 0.102. The number of hydrogen-bond donors (Lipinski definition) is 5. The third-order valence-electron chi connectivity index (χ3n) is 4.47. The molecule has 3 aromatic rings. The van der Waals surface area contributed by atoms with Gasteiger partial charge < -0.3 is 22.2 Å². The number of nitrogens with two attached hydrogens (primary N) is 2. The van der Waals surface area contributed by atoms with Crippen LogP contribution in [0.4, 0.5) is 17.1 Å². The number of benzene rings is 3. The summed E-state index contributed by atoms with van der Waals surface area (Å²) in [5.74, 6) is -0.317. The van der Waals surface area contributed by atoms with Gasteiger partial charge in [-0.15, -0.1) is 0 Å². The standard InChI is InChI=1S/C22H21N5O/c1-13-9-15(12-23)20(25)11-17(13)22(28)27-16-7-8-19(24)18(10-16)21(26)14-5-3-2-4-6-14/h2-12,23,26H,24-25H2,1H3,(H,27,28). The van der Waals surface area contributed by atoms with Crippen LogP contribution in [0.5, 0.6) is 0 Å². The maximum atomic E-state index is 12.7. The van der Waals surface area contributed by atoms with Crippen LogP contribution in [0, 0.1) is 17.7 Å². The highest BCUT2D eigenvalue weighted by molar-refractivity contribution is 6.15. The van der Waals surface area contributed by atoms with Crippen molar-refractivity contribution in [3.8, 4) is 0 Å². The van der Waals surface area contributed by atoms with E-state index in [0.717, 1.165) is 17.3 Å². The average Bonchev–Trinajstić information content (AvgIpc) is 2.70. The number of amides is 1. The minimum absolute atomic E-state index is 0.282. The van der Waals surface area contributed by atoms with Crippen molar-refractivity contribution >= 4 is 34.9 Å². The van der Waals surface area contributed by atoms with Crippen LogP contribution < -0.4 is 16.8 Å². The number of anilines is 3. The molecule has 7 N–H and O–H groups in total. The molecule has 3 rings (SSSR count). The van der Waals surface area contributed by atoms with Crippen LogP contribution in [0.1, 0.15) is 32.6 Å². The van der Waals surface area contributed by atoms with E-state index in [2.05, 4.69) is 5.32 Å². The Morgan fingerprint density at radius 3 is 2.36 bits per heavy atom. The van der Waals surface area contributed by atoms with Crippen LogP contribution in [0.15, 0.2) is 60.7 Å². The first-order valence-electron chi connectivity index (χ1n) is 8.66. The molecule has 0 aliphatic heterocycles. The maximum absolute atomic E-state index is 12.7. The van der Waals surface area contributed by atoms with Gasteiger partial charge in [0.1, 0.15) is 0 Å². The van der Waals surface area contributed by atoms with Gasteiger partial charge in [-0.1, -0.05) is 30.3 Å². The van der Waals surface area contributed by atoms with Crippen molar-refractivity contribution in [2.75, 3.05) is 16.8 Å². The number of carbonyl (C=O) groups is 1. The lowest BCUT2D eigenvalue weighted by atomic mass is 10.00. The van der Waals surface area contributed by atoms with Gasteiger partial charge >= 0.3 is 0 Å². The highest BCUT2D eigenvalue weighted by atomic mass is 16.1. The molecule has 0 saturated heterocycles. The molecule has 28 heavy (non-hydrogen) atoms. The largest absolute Gasteiger partial charge is 0.398 e. The maximum Gasteiger partial charge on any atom is 0.256 e. The van der Waals surface area contributed by atoms with E-state index in [1.165, 1.54) is 0 Å². The molecule has 1 amide bonds. The van der Waals surface area contributed by atoms with Gasteiger partial charge in [0, 0.05) is 45.5 Å². The molecule has 0 heterocycles. The Kier molecular flexibility index (Phi) is 5.22. The fourth-order valence-electron chi connectivity index (χ4n) is 2.93. The summed E-state index contributed by atoms with van der Waals surface area (Å²) >= 11 is 0. The van der Waals surface area contributed by atoms with E-state index in [0.29, 0.717) is 33.8 Å². The van der Waals surface area contributed by atoms with Gasteiger partial charge in [0.05, 0.1) is 5.71 Å². The normalized spacial score (nSPS) is 10.3. The van der Waals surface area contributed by atoms with Crippen molar-refractivity contribution in [2.24, 2.45) is 0 Å². The Balaban J connectivity index is 1.90. The lowest BCUT2D eigenvalue weighted by Crippen LogP contribution is -2.15. The topological polar surface area (TPSA) is 129 Å². The predicted molar refractivity (Wildman–Crippen MR) is 115 cm³/mol. The van der Waals surface area contributed by atoms with Crippen molar-refractivity contribution in [3.05, 3.63) is 88.5 Å². The van der Waals surface area contributed by atoms with Gasteiger partial charge in [-0.05, 0) is 42.8 Å². The molecule has 0 radical (unpaired) electrons. The molecule has 0 unspecified atom stereocenters. The van der Waals surface area contributed by atoms with Gasteiger partial charge in [-0.25, -0.2) is 0 Å². The van der Waals surface area contributed by atoms with E-state index in [4.69, 9.17) is 22.3 Å². The highest BCUT2D eigenvalue weighted by Gasteiger charge is 2.14. The number of nitrogen functional groups attached to an aromatic ring is 2. The molecule has 3 aromatic carbocycles. The molecule has 0 saturated carbocycles. The lowest BCUT2D eigenvalue weighted by Gasteiger charge is -2.13. The first-order valence-corrected chi connectivity index (χ1v) is 8.66. The number of aryl methyl sites for hydroxylation is 1. The van der Waals surface area contributed by atoms with Crippen LogP contribution >= 0.6 is 0 Å². The molecule has 0 aliphatic carbocycles. The van der Waals surface area contributed by atoms with E-state index < -0.39 is 0 Å². The smallest absolute Gasteiger partial charge is 0.256 e. The third kappa shape index (κ3) is 3.76. The molecule has 0 atom stereocenters. The first-order chi connectivity index (χ1) is 13.4. The van der Waals surface area contributed by atoms with Gasteiger partial charge in [0.25, 0.3) is 5.91 Å². The molecule has 6 nitrogen and oxygen atoms in total. The summed E-state index contributed by atoms with van der Waals surface area (Å²) in [6, 6.07) is 17.6. The summed E-state index contributed by atoms with van der Waals surface area (Å²) in [4.78, 5) is 12.7. The van der Waals surface area contributed by atoms with Crippen molar-refractivity contribution in [1.29, 1.82) is 10.8 Å². The van der Waals surface area contributed by atoms with Crippen LogP contribution in [0.2, 0.25) is 0 Å². The quantitative estimate of drug-likeness (QED) is 0.345. The molecular formula is C22H21N5O. The van der Waals surface area contributed by atoms with Gasteiger partial charge in [-0.2, -0.15) is 0 Å². The molecule has 0 fully saturated rings. The molecule has 0 spiro atoms. The Hall–Kier alpha value is -3.93.